The van der Waals surface area contributed by atoms with Gasteiger partial charge in [0, 0.05) is 6.61 Å². The standard InChI is InChI=1S/C8H12O2/c9-6-2-1-4-8-5-3-7-10-8/h1-2,6,8H,3-5,7H2. The molecule has 1 unspecified atom stereocenters. The van der Waals surface area contributed by atoms with Crippen LogP contribution in [0, 0.1) is 0 Å². The molecule has 56 valence electrons. The first-order chi connectivity index (χ1) is 4.93. The fourth-order valence-corrected chi connectivity index (χ4v) is 1.12. The zero-order chi connectivity index (χ0) is 7.23. The van der Waals surface area contributed by atoms with Gasteiger partial charge in [0.25, 0.3) is 0 Å². The van der Waals surface area contributed by atoms with Gasteiger partial charge in [-0.3, -0.25) is 4.79 Å². The molecular weight excluding hydrogens is 128 g/mol. The van der Waals surface area contributed by atoms with Crippen molar-refractivity contribution in [2.45, 2.75) is 25.4 Å². The van der Waals surface area contributed by atoms with Crippen LogP contribution in [-0.2, 0) is 9.53 Å². The summed E-state index contributed by atoms with van der Waals surface area (Å²) in [5.41, 5.74) is 0. The molecule has 1 heterocycles. The topological polar surface area (TPSA) is 26.3 Å². The second kappa shape index (κ2) is 4.23. The van der Waals surface area contributed by atoms with Crippen LogP contribution < -0.4 is 0 Å². The Kier molecular flexibility index (Phi) is 3.16. The largest absolute Gasteiger partial charge is 0.378 e. The Morgan fingerprint density at radius 1 is 1.60 bits per heavy atom. The smallest absolute Gasteiger partial charge is 0.142 e. The number of aldehydes is 1. The summed E-state index contributed by atoms with van der Waals surface area (Å²) < 4.78 is 5.33. The van der Waals surface area contributed by atoms with Crippen molar-refractivity contribution < 1.29 is 9.53 Å². The molecule has 1 rings (SSSR count). The summed E-state index contributed by atoms with van der Waals surface area (Å²) in [6.07, 6.45) is 7.76. The second-order valence-corrected chi connectivity index (χ2v) is 2.43. The van der Waals surface area contributed by atoms with E-state index in [9.17, 15) is 4.79 Å². The van der Waals surface area contributed by atoms with E-state index in [1.165, 1.54) is 12.5 Å². The minimum Gasteiger partial charge on any atom is -0.378 e. The van der Waals surface area contributed by atoms with Crippen molar-refractivity contribution in [3.63, 3.8) is 0 Å². The summed E-state index contributed by atoms with van der Waals surface area (Å²) in [6, 6.07) is 0. The molecule has 1 atom stereocenters. The van der Waals surface area contributed by atoms with Crippen molar-refractivity contribution in [3.05, 3.63) is 12.2 Å². The van der Waals surface area contributed by atoms with Gasteiger partial charge in [0.2, 0.25) is 0 Å². The third-order valence-electron chi connectivity index (χ3n) is 1.64. The van der Waals surface area contributed by atoms with Gasteiger partial charge in [-0.25, -0.2) is 0 Å². The lowest BCUT2D eigenvalue weighted by atomic mass is 10.2. The number of rotatable bonds is 3. The fourth-order valence-electron chi connectivity index (χ4n) is 1.12. The van der Waals surface area contributed by atoms with Crippen LogP contribution in [0.25, 0.3) is 0 Å². The predicted octanol–water partition coefficient (Wildman–Crippen LogP) is 1.31. The van der Waals surface area contributed by atoms with Crippen molar-refractivity contribution >= 4 is 6.29 Å². The summed E-state index contributed by atoms with van der Waals surface area (Å²) in [5.74, 6) is 0. The third-order valence-corrected chi connectivity index (χ3v) is 1.64. The molecule has 1 fully saturated rings. The van der Waals surface area contributed by atoms with Crippen molar-refractivity contribution in [1.29, 1.82) is 0 Å². The maximum atomic E-state index is 9.85. The maximum Gasteiger partial charge on any atom is 0.142 e. The summed E-state index contributed by atoms with van der Waals surface area (Å²) >= 11 is 0. The van der Waals surface area contributed by atoms with Crippen LogP contribution in [0.15, 0.2) is 12.2 Å². The Morgan fingerprint density at radius 3 is 3.10 bits per heavy atom. The number of hydrogen-bond donors (Lipinski definition) is 0. The van der Waals surface area contributed by atoms with Crippen molar-refractivity contribution in [3.8, 4) is 0 Å². The molecule has 0 saturated carbocycles. The van der Waals surface area contributed by atoms with E-state index < -0.39 is 0 Å². The molecule has 1 aliphatic rings. The quantitative estimate of drug-likeness (QED) is 0.436. The van der Waals surface area contributed by atoms with E-state index in [4.69, 9.17) is 4.74 Å². The molecule has 0 amide bonds. The maximum absolute atomic E-state index is 9.85. The van der Waals surface area contributed by atoms with Crippen LogP contribution in [-0.4, -0.2) is 19.0 Å². The summed E-state index contributed by atoms with van der Waals surface area (Å²) in [4.78, 5) is 9.85. The van der Waals surface area contributed by atoms with Crippen LogP contribution in [0.1, 0.15) is 19.3 Å². The van der Waals surface area contributed by atoms with Crippen LogP contribution in [0.2, 0.25) is 0 Å². The van der Waals surface area contributed by atoms with Crippen molar-refractivity contribution in [2.75, 3.05) is 6.61 Å². The Balaban J connectivity index is 2.12. The van der Waals surface area contributed by atoms with Gasteiger partial charge in [-0.2, -0.15) is 0 Å². The van der Waals surface area contributed by atoms with Gasteiger partial charge in [-0.15, -0.1) is 0 Å². The Morgan fingerprint density at radius 2 is 2.50 bits per heavy atom. The van der Waals surface area contributed by atoms with Crippen LogP contribution in [0.3, 0.4) is 0 Å². The molecule has 2 nitrogen and oxygen atoms in total. The molecule has 1 saturated heterocycles. The Bertz CT molecular complexity index is 123. The lowest BCUT2D eigenvalue weighted by Crippen LogP contribution is -2.01. The lowest BCUT2D eigenvalue weighted by Gasteiger charge is -2.02. The average Bonchev–Trinajstić information content (AvgIpc) is 2.41. The van der Waals surface area contributed by atoms with Crippen LogP contribution in [0.4, 0.5) is 0 Å². The van der Waals surface area contributed by atoms with Crippen LogP contribution in [0.5, 0.6) is 0 Å². The van der Waals surface area contributed by atoms with E-state index in [1.54, 1.807) is 0 Å². The molecule has 1 aliphatic heterocycles. The van der Waals surface area contributed by atoms with Crippen molar-refractivity contribution in [2.24, 2.45) is 0 Å². The number of hydrogen-bond acceptors (Lipinski definition) is 2. The van der Waals surface area contributed by atoms with Gasteiger partial charge in [0.15, 0.2) is 0 Å². The van der Waals surface area contributed by atoms with Gasteiger partial charge in [-0.1, -0.05) is 6.08 Å². The van der Waals surface area contributed by atoms with Gasteiger partial charge >= 0.3 is 0 Å². The highest BCUT2D eigenvalue weighted by atomic mass is 16.5. The molecule has 0 bridgehead atoms. The SMILES string of the molecule is O=CC=CCC1CCCO1. The molecule has 0 spiro atoms. The molecule has 0 aromatic heterocycles. The van der Waals surface area contributed by atoms with Crippen LogP contribution >= 0.6 is 0 Å². The minimum absolute atomic E-state index is 0.371. The molecule has 2 heteroatoms. The van der Waals surface area contributed by atoms with E-state index in [2.05, 4.69) is 0 Å². The molecule has 0 N–H and O–H groups in total. The highest BCUT2D eigenvalue weighted by Crippen LogP contribution is 2.14. The predicted molar refractivity (Wildman–Crippen MR) is 38.8 cm³/mol. The van der Waals surface area contributed by atoms with E-state index in [0.29, 0.717) is 6.10 Å². The highest BCUT2D eigenvalue weighted by Gasteiger charge is 2.12. The molecule has 10 heavy (non-hydrogen) atoms. The van der Waals surface area contributed by atoms with Gasteiger partial charge in [-0.05, 0) is 25.3 Å². The van der Waals surface area contributed by atoms with E-state index in [0.717, 1.165) is 25.7 Å². The molecule has 0 aromatic carbocycles. The average molecular weight is 140 g/mol. The number of carbonyl (C=O) groups is 1. The number of carbonyl (C=O) groups excluding carboxylic acids is 1. The first-order valence-corrected chi connectivity index (χ1v) is 3.65. The van der Waals surface area contributed by atoms with E-state index in [1.807, 2.05) is 6.08 Å². The molecular formula is C8H12O2. The fraction of sp³-hybridized carbons (Fsp3) is 0.625. The second-order valence-electron chi connectivity index (χ2n) is 2.43. The monoisotopic (exact) mass is 140 g/mol. The molecule has 0 radical (unpaired) electrons. The van der Waals surface area contributed by atoms with Gasteiger partial charge < -0.3 is 4.74 Å². The summed E-state index contributed by atoms with van der Waals surface area (Å²) in [5, 5.41) is 0. The first kappa shape index (κ1) is 7.48. The normalized spacial score (nSPS) is 25.8. The number of allylic oxidation sites excluding steroid dienone is 1. The minimum atomic E-state index is 0.371. The zero-order valence-electron chi connectivity index (χ0n) is 5.95. The van der Waals surface area contributed by atoms with Gasteiger partial charge in [0.05, 0.1) is 6.10 Å². The van der Waals surface area contributed by atoms with Crippen molar-refractivity contribution in [1.82, 2.24) is 0 Å². The highest BCUT2D eigenvalue weighted by molar-refractivity contribution is 5.64. The molecule has 0 aliphatic carbocycles. The number of ether oxygens (including phenoxy) is 1. The zero-order valence-corrected chi connectivity index (χ0v) is 5.95. The summed E-state index contributed by atoms with van der Waals surface area (Å²) in [6.45, 7) is 0.888. The molecule has 0 aromatic rings. The first-order valence-electron chi connectivity index (χ1n) is 3.65. The van der Waals surface area contributed by atoms with E-state index >= 15 is 0 Å². The van der Waals surface area contributed by atoms with E-state index in [-0.39, 0.29) is 0 Å². The third kappa shape index (κ3) is 2.31. The Labute approximate surface area is 60.9 Å². The Hall–Kier alpha value is -0.630. The van der Waals surface area contributed by atoms with Gasteiger partial charge in [0.1, 0.15) is 6.29 Å². The summed E-state index contributed by atoms with van der Waals surface area (Å²) in [7, 11) is 0. The lowest BCUT2D eigenvalue weighted by molar-refractivity contribution is -0.104.